The van der Waals surface area contributed by atoms with Gasteiger partial charge in [-0.15, -0.1) is 0 Å². The van der Waals surface area contributed by atoms with E-state index in [1.165, 1.54) is 0 Å². The first-order valence-corrected chi connectivity index (χ1v) is 6.12. The zero-order chi connectivity index (χ0) is 11.8. The minimum absolute atomic E-state index is 0.109. The molecule has 2 aliphatic rings. The minimum atomic E-state index is -0.110. The maximum Gasteiger partial charge on any atom is 0.229 e. The van der Waals surface area contributed by atoms with Crippen molar-refractivity contribution >= 4 is 5.91 Å². The van der Waals surface area contributed by atoms with Crippen molar-refractivity contribution in [2.75, 3.05) is 26.3 Å². The van der Waals surface area contributed by atoms with Gasteiger partial charge in [-0.05, 0) is 18.3 Å². The number of carbonyl (C=O) groups is 1. The SMILES string of the molecule is CC1(C)CCN(C(=O)C2COCC2N)CC1. The highest BCUT2D eigenvalue weighted by Crippen LogP contribution is 2.30. The van der Waals surface area contributed by atoms with Gasteiger partial charge in [0, 0.05) is 19.1 Å². The molecule has 4 heteroatoms. The van der Waals surface area contributed by atoms with Crippen LogP contribution in [0.25, 0.3) is 0 Å². The Labute approximate surface area is 97.1 Å². The number of piperidine rings is 1. The van der Waals surface area contributed by atoms with Gasteiger partial charge >= 0.3 is 0 Å². The van der Waals surface area contributed by atoms with Gasteiger partial charge in [-0.1, -0.05) is 13.8 Å². The number of likely N-dealkylation sites (tertiary alicyclic amines) is 1. The van der Waals surface area contributed by atoms with Crippen molar-refractivity contribution in [1.29, 1.82) is 0 Å². The Kier molecular flexibility index (Phi) is 3.22. The fourth-order valence-electron chi connectivity index (χ4n) is 2.39. The Bertz CT molecular complexity index is 268. The molecule has 16 heavy (non-hydrogen) atoms. The molecule has 4 nitrogen and oxygen atoms in total. The first kappa shape index (κ1) is 11.9. The average Bonchev–Trinajstić information content (AvgIpc) is 2.63. The molecule has 0 aromatic heterocycles. The topological polar surface area (TPSA) is 55.6 Å². The van der Waals surface area contributed by atoms with Crippen molar-refractivity contribution in [3.63, 3.8) is 0 Å². The van der Waals surface area contributed by atoms with E-state index in [0.717, 1.165) is 25.9 Å². The molecule has 2 N–H and O–H groups in total. The van der Waals surface area contributed by atoms with Crippen LogP contribution in [0.2, 0.25) is 0 Å². The second-order valence-corrected chi connectivity index (χ2v) is 5.80. The monoisotopic (exact) mass is 226 g/mol. The molecule has 0 aliphatic carbocycles. The van der Waals surface area contributed by atoms with Gasteiger partial charge in [-0.2, -0.15) is 0 Å². The van der Waals surface area contributed by atoms with Crippen molar-refractivity contribution in [3.05, 3.63) is 0 Å². The van der Waals surface area contributed by atoms with Crippen molar-refractivity contribution in [1.82, 2.24) is 4.90 Å². The largest absolute Gasteiger partial charge is 0.379 e. The van der Waals surface area contributed by atoms with E-state index in [4.69, 9.17) is 10.5 Å². The lowest BCUT2D eigenvalue weighted by molar-refractivity contribution is -0.137. The van der Waals surface area contributed by atoms with Crippen molar-refractivity contribution in [2.24, 2.45) is 17.1 Å². The van der Waals surface area contributed by atoms with Crippen LogP contribution in [0.5, 0.6) is 0 Å². The second kappa shape index (κ2) is 4.34. The summed E-state index contributed by atoms with van der Waals surface area (Å²) in [6.45, 7) is 7.29. The Morgan fingerprint density at radius 2 is 1.94 bits per heavy atom. The molecular weight excluding hydrogens is 204 g/mol. The molecule has 2 heterocycles. The number of hydrogen-bond donors (Lipinski definition) is 1. The third kappa shape index (κ3) is 2.38. The predicted octanol–water partition coefficient (Wildman–Crippen LogP) is 0.609. The van der Waals surface area contributed by atoms with Crippen LogP contribution in [-0.2, 0) is 9.53 Å². The van der Waals surface area contributed by atoms with Gasteiger partial charge in [0.1, 0.15) is 0 Å². The van der Waals surface area contributed by atoms with Crippen LogP contribution >= 0.6 is 0 Å². The number of hydrogen-bond acceptors (Lipinski definition) is 3. The summed E-state index contributed by atoms with van der Waals surface area (Å²) < 4.78 is 5.25. The molecule has 0 aromatic carbocycles. The molecule has 2 fully saturated rings. The highest BCUT2D eigenvalue weighted by molar-refractivity contribution is 5.80. The molecule has 2 saturated heterocycles. The fourth-order valence-corrected chi connectivity index (χ4v) is 2.39. The van der Waals surface area contributed by atoms with E-state index in [1.54, 1.807) is 0 Å². The summed E-state index contributed by atoms with van der Waals surface area (Å²) in [6.07, 6.45) is 2.17. The number of nitrogens with zero attached hydrogens (tertiary/aromatic N) is 1. The fraction of sp³-hybridized carbons (Fsp3) is 0.917. The number of carbonyl (C=O) groups excluding carboxylic acids is 1. The van der Waals surface area contributed by atoms with Crippen molar-refractivity contribution in [3.8, 4) is 0 Å². The zero-order valence-electron chi connectivity index (χ0n) is 10.2. The molecule has 2 atom stereocenters. The number of amides is 1. The van der Waals surface area contributed by atoms with E-state index in [0.29, 0.717) is 18.6 Å². The highest BCUT2D eigenvalue weighted by atomic mass is 16.5. The summed E-state index contributed by atoms with van der Waals surface area (Å²) in [5, 5.41) is 0. The Morgan fingerprint density at radius 1 is 1.31 bits per heavy atom. The molecule has 92 valence electrons. The Morgan fingerprint density at radius 3 is 2.44 bits per heavy atom. The van der Waals surface area contributed by atoms with E-state index >= 15 is 0 Å². The lowest BCUT2D eigenvalue weighted by atomic mass is 9.82. The number of ether oxygens (including phenoxy) is 1. The summed E-state index contributed by atoms with van der Waals surface area (Å²) in [5.74, 6) is 0.0849. The Balaban J connectivity index is 1.91. The van der Waals surface area contributed by atoms with E-state index in [2.05, 4.69) is 13.8 Å². The highest BCUT2D eigenvalue weighted by Gasteiger charge is 2.36. The predicted molar refractivity (Wildman–Crippen MR) is 61.9 cm³/mol. The quantitative estimate of drug-likeness (QED) is 0.712. The van der Waals surface area contributed by atoms with Gasteiger partial charge in [-0.3, -0.25) is 4.79 Å². The normalized spacial score (nSPS) is 34.1. The van der Waals surface area contributed by atoms with Crippen LogP contribution in [0.3, 0.4) is 0 Å². The van der Waals surface area contributed by atoms with Crippen LogP contribution in [-0.4, -0.2) is 43.2 Å². The molecule has 0 aromatic rings. The Hall–Kier alpha value is -0.610. The second-order valence-electron chi connectivity index (χ2n) is 5.80. The first-order chi connectivity index (χ1) is 7.49. The summed E-state index contributed by atoms with van der Waals surface area (Å²) in [6, 6.07) is -0.109. The number of nitrogens with two attached hydrogens (primary N) is 1. The lowest BCUT2D eigenvalue weighted by Crippen LogP contribution is -2.47. The van der Waals surface area contributed by atoms with Crippen LogP contribution in [0.1, 0.15) is 26.7 Å². The van der Waals surface area contributed by atoms with Gasteiger partial charge in [-0.25, -0.2) is 0 Å². The molecule has 2 rings (SSSR count). The van der Waals surface area contributed by atoms with E-state index in [9.17, 15) is 4.79 Å². The summed E-state index contributed by atoms with van der Waals surface area (Å²) in [4.78, 5) is 14.2. The van der Waals surface area contributed by atoms with Gasteiger partial charge < -0.3 is 15.4 Å². The lowest BCUT2D eigenvalue weighted by Gasteiger charge is -2.38. The molecule has 2 unspecified atom stereocenters. The van der Waals surface area contributed by atoms with Gasteiger partial charge in [0.2, 0.25) is 5.91 Å². The molecule has 2 aliphatic heterocycles. The maximum atomic E-state index is 12.2. The van der Waals surface area contributed by atoms with Gasteiger partial charge in [0.05, 0.1) is 19.1 Å². The van der Waals surface area contributed by atoms with Crippen molar-refractivity contribution < 1.29 is 9.53 Å². The van der Waals surface area contributed by atoms with E-state index in [-0.39, 0.29) is 17.9 Å². The van der Waals surface area contributed by atoms with Crippen LogP contribution in [0, 0.1) is 11.3 Å². The maximum absolute atomic E-state index is 12.2. The summed E-state index contributed by atoms with van der Waals surface area (Å²) in [5.41, 5.74) is 6.25. The summed E-state index contributed by atoms with van der Waals surface area (Å²) >= 11 is 0. The van der Waals surface area contributed by atoms with E-state index in [1.807, 2.05) is 4.90 Å². The first-order valence-electron chi connectivity index (χ1n) is 6.12. The third-order valence-corrected chi connectivity index (χ3v) is 3.87. The van der Waals surface area contributed by atoms with Crippen LogP contribution in [0.15, 0.2) is 0 Å². The average molecular weight is 226 g/mol. The third-order valence-electron chi connectivity index (χ3n) is 3.87. The zero-order valence-corrected chi connectivity index (χ0v) is 10.2. The summed E-state index contributed by atoms with van der Waals surface area (Å²) in [7, 11) is 0. The molecular formula is C12H22N2O2. The van der Waals surface area contributed by atoms with Crippen molar-refractivity contribution in [2.45, 2.75) is 32.7 Å². The van der Waals surface area contributed by atoms with Gasteiger partial charge in [0.15, 0.2) is 0 Å². The minimum Gasteiger partial charge on any atom is -0.379 e. The van der Waals surface area contributed by atoms with E-state index < -0.39 is 0 Å². The molecule has 1 amide bonds. The molecule has 0 radical (unpaired) electrons. The number of rotatable bonds is 1. The molecule has 0 bridgehead atoms. The van der Waals surface area contributed by atoms with Crippen LogP contribution < -0.4 is 5.73 Å². The smallest absolute Gasteiger partial charge is 0.229 e. The molecule has 0 spiro atoms. The standard InChI is InChI=1S/C12H22N2O2/c1-12(2)3-5-14(6-4-12)11(15)9-7-16-8-10(9)13/h9-10H,3-8,13H2,1-2H3. The van der Waals surface area contributed by atoms with Gasteiger partial charge in [0.25, 0.3) is 0 Å². The van der Waals surface area contributed by atoms with Crippen LogP contribution in [0.4, 0.5) is 0 Å². The molecule has 0 saturated carbocycles.